The number of rotatable bonds is 3. The summed E-state index contributed by atoms with van der Waals surface area (Å²) < 4.78 is 62.9. The third kappa shape index (κ3) is 2.96. The molecule has 0 amide bonds. The number of halogens is 3. The van der Waals surface area contributed by atoms with Crippen LogP contribution in [0.2, 0.25) is 0 Å². The van der Waals surface area contributed by atoms with Gasteiger partial charge in [-0.1, -0.05) is 0 Å². The molecule has 0 atom stereocenters. The van der Waals surface area contributed by atoms with E-state index in [9.17, 15) is 26.4 Å². The van der Waals surface area contributed by atoms with Crippen molar-refractivity contribution >= 4 is 21.7 Å². The van der Waals surface area contributed by atoms with E-state index in [2.05, 4.69) is 0 Å². The van der Waals surface area contributed by atoms with Gasteiger partial charge in [-0.25, -0.2) is 17.9 Å². The minimum atomic E-state index is -4.98. The van der Waals surface area contributed by atoms with Gasteiger partial charge in [-0.3, -0.25) is 0 Å². The van der Waals surface area contributed by atoms with Crippen LogP contribution in [0.4, 0.5) is 18.9 Å². The average molecular weight is 298 g/mol. The lowest BCUT2D eigenvalue weighted by molar-refractivity contribution is -0.139. The lowest BCUT2D eigenvalue weighted by Crippen LogP contribution is -2.24. The highest BCUT2D eigenvalue weighted by atomic mass is 32.2. The van der Waals surface area contributed by atoms with Crippen molar-refractivity contribution in [2.24, 2.45) is 0 Å². The summed E-state index contributed by atoms with van der Waals surface area (Å²) in [5.74, 6) is -1.63. The highest BCUT2D eigenvalue weighted by Gasteiger charge is 2.38. The molecule has 1 aromatic carbocycles. The first-order valence-electron chi connectivity index (χ1n) is 4.68. The Balaban J connectivity index is 3.76. The van der Waals surface area contributed by atoms with Crippen LogP contribution in [0.25, 0.3) is 0 Å². The van der Waals surface area contributed by atoms with Gasteiger partial charge in [0.2, 0.25) is 10.0 Å². The second kappa shape index (κ2) is 4.70. The minimum Gasteiger partial charge on any atom is -0.478 e. The third-order valence-electron chi connectivity index (χ3n) is 2.25. The zero-order valence-corrected chi connectivity index (χ0v) is 10.3. The van der Waals surface area contributed by atoms with Crippen molar-refractivity contribution in [3.63, 3.8) is 0 Å². The van der Waals surface area contributed by atoms with Crippen LogP contribution in [0.5, 0.6) is 0 Å². The fraction of sp³-hybridized carbons (Fsp3) is 0.222. The number of aromatic carboxylic acids is 1. The second-order valence-corrected chi connectivity index (χ2v) is 5.30. The molecule has 19 heavy (non-hydrogen) atoms. The molecule has 0 aliphatic rings. The molecule has 0 saturated carbocycles. The number of anilines is 1. The van der Waals surface area contributed by atoms with Crippen LogP contribution in [-0.4, -0.2) is 26.5 Å². The SMILES string of the molecule is CNS(=O)(=O)c1cc(C(=O)O)c(N)cc1C(F)(F)F. The summed E-state index contributed by atoms with van der Waals surface area (Å²) in [4.78, 5) is 9.59. The van der Waals surface area contributed by atoms with Gasteiger partial charge in [0.05, 0.1) is 16.0 Å². The molecule has 4 N–H and O–H groups in total. The van der Waals surface area contributed by atoms with Crippen molar-refractivity contribution in [1.82, 2.24) is 4.72 Å². The summed E-state index contributed by atoms with van der Waals surface area (Å²) in [6.45, 7) is 0. The van der Waals surface area contributed by atoms with Gasteiger partial charge in [0.15, 0.2) is 0 Å². The topological polar surface area (TPSA) is 109 Å². The van der Waals surface area contributed by atoms with Gasteiger partial charge in [0.1, 0.15) is 0 Å². The predicted molar refractivity (Wildman–Crippen MR) is 59.1 cm³/mol. The monoisotopic (exact) mass is 298 g/mol. The van der Waals surface area contributed by atoms with E-state index in [4.69, 9.17) is 10.8 Å². The van der Waals surface area contributed by atoms with E-state index in [1.165, 1.54) is 0 Å². The summed E-state index contributed by atoms with van der Waals surface area (Å²) in [5, 5.41) is 8.75. The van der Waals surface area contributed by atoms with Crippen molar-refractivity contribution in [1.29, 1.82) is 0 Å². The smallest absolute Gasteiger partial charge is 0.417 e. The van der Waals surface area contributed by atoms with Crippen LogP contribution in [-0.2, 0) is 16.2 Å². The molecule has 0 fully saturated rings. The number of alkyl halides is 3. The maximum Gasteiger partial charge on any atom is 0.417 e. The Morgan fingerprint density at radius 3 is 2.26 bits per heavy atom. The molecule has 1 aromatic rings. The van der Waals surface area contributed by atoms with Crippen LogP contribution < -0.4 is 10.5 Å². The van der Waals surface area contributed by atoms with E-state index >= 15 is 0 Å². The first kappa shape index (κ1) is 15.2. The summed E-state index contributed by atoms with van der Waals surface area (Å²) in [7, 11) is -3.56. The van der Waals surface area contributed by atoms with E-state index in [1.807, 2.05) is 0 Å². The van der Waals surface area contributed by atoms with Crippen LogP contribution >= 0.6 is 0 Å². The quantitative estimate of drug-likeness (QED) is 0.718. The van der Waals surface area contributed by atoms with E-state index in [-0.39, 0.29) is 6.07 Å². The predicted octanol–water partition coefficient (Wildman–Crippen LogP) is 0.894. The van der Waals surface area contributed by atoms with Crippen molar-refractivity contribution in [3.8, 4) is 0 Å². The lowest BCUT2D eigenvalue weighted by Gasteiger charge is -2.15. The number of carbonyl (C=O) groups is 1. The molecule has 106 valence electrons. The maximum atomic E-state index is 12.7. The fourth-order valence-corrected chi connectivity index (χ4v) is 2.29. The number of nitrogens with one attached hydrogen (secondary N) is 1. The Bertz CT molecular complexity index is 625. The van der Waals surface area contributed by atoms with Crippen molar-refractivity contribution in [2.45, 2.75) is 11.1 Å². The molecular weight excluding hydrogens is 289 g/mol. The lowest BCUT2D eigenvalue weighted by atomic mass is 10.1. The van der Waals surface area contributed by atoms with Crippen molar-refractivity contribution in [3.05, 3.63) is 23.3 Å². The molecule has 6 nitrogen and oxygen atoms in total. The first-order valence-corrected chi connectivity index (χ1v) is 6.16. The molecule has 0 spiro atoms. The van der Waals surface area contributed by atoms with Gasteiger partial charge in [-0.15, -0.1) is 0 Å². The molecule has 0 aromatic heterocycles. The molecule has 0 radical (unpaired) electrons. The Morgan fingerprint density at radius 2 is 1.89 bits per heavy atom. The molecule has 0 heterocycles. The van der Waals surface area contributed by atoms with Gasteiger partial charge in [-0.2, -0.15) is 13.2 Å². The van der Waals surface area contributed by atoms with E-state index in [0.717, 1.165) is 7.05 Å². The Labute approximate surface area is 106 Å². The largest absolute Gasteiger partial charge is 0.478 e. The fourth-order valence-electron chi connectivity index (χ4n) is 1.34. The molecule has 0 aliphatic carbocycles. The number of carboxylic acid groups (broad SMARTS) is 1. The van der Waals surface area contributed by atoms with Crippen LogP contribution in [0.3, 0.4) is 0 Å². The summed E-state index contributed by atoms with van der Waals surface area (Å²) in [6.07, 6.45) is -4.98. The van der Waals surface area contributed by atoms with Crippen LogP contribution in [0.1, 0.15) is 15.9 Å². The van der Waals surface area contributed by atoms with Gasteiger partial charge < -0.3 is 10.8 Å². The van der Waals surface area contributed by atoms with Gasteiger partial charge in [0.25, 0.3) is 0 Å². The number of hydrogen-bond acceptors (Lipinski definition) is 4. The third-order valence-corrected chi connectivity index (χ3v) is 3.70. The zero-order valence-electron chi connectivity index (χ0n) is 9.45. The van der Waals surface area contributed by atoms with Gasteiger partial charge in [-0.05, 0) is 19.2 Å². The molecule has 0 bridgehead atoms. The number of sulfonamides is 1. The normalized spacial score (nSPS) is 12.4. The number of nitrogens with two attached hydrogens (primary N) is 1. The molecule has 0 aliphatic heterocycles. The van der Waals surface area contributed by atoms with Gasteiger partial charge in [0, 0.05) is 5.69 Å². The van der Waals surface area contributed by atoms with Crippen molar-refractivity contribution < 1.29 is 31.5 Å². The van der Waals surface area contributed by atoms with E-state index in [1.54, 1.807) is 4.72 Å². The summed E-state index contributed by atoms with van der Waals surface area (Å²) >= 11 is 0. The highest BCUT2D eigenvalue weighted by molar-refractivity contribution is 7.89. The number of carboxylic acids is 1. The summed E-state index contributed by atoms with van der Waals surface area (Å²) in [6, 6.07) is 0.667. The number of benzene rings is 1. The van der Waals surface area contributed by atoms with Crippen molar-refractivity contribution in [2.75, 3.05) is 12.8 Å². The summed E-state index contributed by atoms with van der Waals surface area (Å²) in [5.41, 5.74) is 2.26. The highest BCUT2D eigenvalue weighted by Crippen LogP contribution is 2.36. The molecule has 1 rings (SSSR count). The second-order valence-electron chi connectivity index (χ2n) is 3.45. The molecular formula is C9H9F3N2O4S. The molecule has 10 heteroatoms. The maximum absolute atomic E-state index is 12.7. The molecule has 0 saturated heterocycles. The number of hydrogen-bond donors (Lipinski definition) is 3. The van der Waals surface area contributed by atoms with E-state index < -0.39 is 43.9 Å². The zero-order chi connectivity index (χ0) is 15.0. The first-order chi connectivity index (χ1) is 8.50. The van der Waals surface area contributed by atoms with Gasteiger partial charge >= 0.3 is 12.1 Å². The Hall–Kier alpha value is -1.81. The molecule has 0 unspecified atom stereocenters. The van der Waals surface area contributed by atoms with Crippen LogP contribution in [0.15, 0.2) is 17.0 Å². The number of nitrogen functional groups attached to an aromatic ring is 1. The minimum absolute atomic E-state index is 0.285. The Kier molecular flexibility index (Phi) is 3.77. The van der Waals surface area contributed by atoms with Crippen LogP contribution in [0, 0.1) is 0 Å². The average Bonchev–Trinajstić information content (AvgIpc) is 2.26. The Morgan fingerprint density at radius 1 is 1.37 bits per heavy atom. The van der Waals surface area contributed by atoms with E-state index in [0.29, 0.717) is 6.07 Å². The standard InChI is InChI=1S/C9H9F3N2O4S/c1-14-19(17,18)7-2-4(8(15)16)6(13)3-5(7)9(10,11)12/h2-3,14H,13H2,1H3,(H,15,16).